The van der Waals surface area contributed by atoms with Crippen LogP contribution in [-0.4, -0.2) is 38.6 Å². The van der Waals surface area contributed by atoms with E-state index in [-0.39, 0.29) is 5.54 Å². The number of imidazole rings is 1. The zero-order chi connectivity index (χ0) is 18.3. The van der Waals surface area contributed by atoms with Crippen LogP contribution in [0.15, 0.2) is 34.3 Å². The summed E-state index contributed by atoms with van der Waals surface area (Å²) in [7, 11) is 0. The topological polar surface area (TPSA) is 83.7 Å². The zero-order valence-corrected chi connectivity index (χ0v) is 16.5. The first-order valence-corrected chi connectivity index (χ1v) is 9.87. The van der Waals surface area contributed by atoms with Gasteiger partial charge in [-0.25, -0.2) is 9.97 Å². The van der Waals surface area contributed by atoms with E-state index in [1.54, 1.807) is 12.3 Å². The summed E-state index contributed by atoms with van der Waals surface area (Å²) in [5, 5.41) is 1.76. The molecule has 26 heavy (non-hydrogen) atoms. The van der Waals surface area contributed by atoms with Crippen LogP contribution in [0.4, 0.5) is 5.95 Å². The second-order valence-corrected chi connectivity index (χ2v) is 8.58. The van der Waals surface area contributed by atoms with Crippen LogP contribution in [0.2, 0.25) is 10.0 Å². The Morgan fingerprint density at radius 1 is 1.23 bits per heavy atom. The highest BCUT2D eigenvalue weighted by Gasteiger charge is 2.27. The molecule has 1 aliphatic heterocycles. The highest BCUT2D eigenvalue weighted by molar-refractivity contribution is 7.99. The van der Waals surface area contributed by atoms with E-state index in [1.807, 2.05) is 12.1 Å². The lowest BCUT2D eigenvalue weighted by atomic mass is 9.91. The van der Waals surface area contributed by atoms with Crippen LogP contribution in [0.25, 0.3) is 11.3 Å². The minimum absolute atomic E-state index is 0.0982. The van der Waals surface area contributed by atoms with Gasteiger partial charge in [-0.2, -0.15) is 4.98 Å². The van der Waals surface area contributed by atoms with Crippen LogP contribution in [-0.2, 0) is 0 Å². The van der Waals surface area contributed by atoms with Crippen molar-refractivity contribution in [1.29, 1.82) is 0 Å². The van der Waals surface area contributed by atoms with Crippen LogP contribution in [0.5, 0.6) is 0 Å². The van der Waals surface area contributed by atoms with Gasteiger partial charge in [0.15, 0.2) is 11.3 Å². The van der Waals surface area contributed by atoms with Crippen molar-refractivity contribution in [1.82, 2.24) is 19.9 Å². The van der Waals surface area contributed by atoms with E-state index in [2.05, 4.69) is 31.8 Å². The normalized spacial score (nSPS) is 17.0. The fourth-order valence-corrected chi connectivity index (χ4v) is 4.16. The Morgan fingerprint density at radius 2 is 2.00 bits per heavy atom. The van der Waals surface area contributed by atoms with Gasteiger partial charge in [0.25, 0.3) is 0 Å². The molecule has 0 spiro atoms. The SMILES string of the molecule is CC1(N)CCN(c2nc3ncc(Sc4cccc(Cl)c4Cl)nc3[nH]2)CC1. The predicted molar refractivity (Wildman–Crippen MR) is 106 cm³/mol. The van der Waals surface area contributed by atoms with Crippen molar-refractivity contribution in [2.45, 2.75) is 35.2 Å². The van der Waals surface area contributed by atoms with Crippen molar-refractivity contribution in [3.63, 3.8) is 0 Å². The molecule has 0 radical (unpaired) electrons. The molecule has 1 fully saturated rings. The molecule has 136 valence electrons. The van der Waals surface area contributed by atoms with Gasteiger partial charge in [0, 0.05) is 23.5 Å². The first-order valence-electron chi connectivity index (χ1n) is 8.30. The molecule has 3 aromatic rings. The maximum atomic E-state index is 6.25. The van der Waals surface area contributed by atoms with E-state index in [4.69, 9.17) is 28.9 Å². The van der Waals surface area contributed by atoms with Gasteiger partial charge in [0.1, 0.15) is 5.03 Å². The van der Waals surface area contributed by atoms with E-state index in [9.17, 15) is 0 Å². The average Bonchev–Trinajstić information content (AvgIpc) is 3.02. The van der Waals surface area contributed by atoms with E-state index >= 15 is 0 Å². The molecule has 1 saturated heterocycles. The number of H-pyrrole nitrogens is 1. The standard InChI is InChI=1S/C17H18Cl2N6S/c1-17(20)5-7-25(8-6-17)16-23-14-15(24-16)22-12(9-21-14)26-11-4-2-3-10(18)13(11)19/h2-4,9H,5-8,20H2,1H3,(H,21,22,23,24). The van der Waals surface area contributed by atoms with Crippen LogP contribution in [0.3, 0.4) is 0 Å². The number of hydrogen-bond donors (Lipinski definition) is 2. The van der Waals surface area contributed by atoms with Crippen LogP contribution in [0.1, 0.15) is 19.8 Å². The molecule has 3 N–H and O–H groups in total. The lowest BCUT2D eigenvalue weighted by Gasteiger charge is -2.36. The van der Waals surface area contributed by atoms with Gasteiger partial charge in [-0.3, -0.25) is 0 Å². The van der Waals surface area contributed by atoms with Gasteiger partial charge >= 0.3 is 0 Å². The number of anilines is 1. The van der Waals surface area contributed by atoms with E-state index in [1.165, 1.54) is 11.8 Å². The van der Waals surface area contributed by atoms with E-state index < -0.39 is 0 Å². The number of fused-ring (bicyclic) bond motifs is 1. The molecule has 2 aromatic heterocycles. The smallest absolute Gasteiger partial charge is 0.206 e. The lowest BCUT2D eigenvalue weighted by molar-refractivity contribution is 0.362. The highest BCUT2D eigenvalue weighted by Crippen LogP contribution is 2.36. The lowest BCUT2D eigenvalue weighted by Crippen LogP contribution is -2.48. The van der Waals surface area contributed by atoms with Crippen molar-refractivity contribution in [2.75, 3.05) is 18.0 Å². The molecule has 0 unspecified atom stereocenters. The van der Waals surface area contributed by atoms with E-state index in [0.717, 1.165) is 41.8 Å². The summed E-state index contributed by atoms with van der Waals surface area (Å²) in [5.74, 6) is 0.790. The number of aromatic nitrogens is 4. The monoisotopic (exact) mass is 408 g/mol. The third kappa shape index (κ3) is 3.62. The quantitative estimate of drug-likeness (QED) is 0.677. The van der Waals surface area contributed by atoms with Gasteiger partial charge in [-0.15, -0.1) is 0 Å². The highest BCUT2D eigenvalue weighted by atomic mass is 35.5. The van der Waals surface area contributed by atoms with Gasteiger partial charge in [0.05, 0.1) is 16.2 Å². The summed E-state index contributed by atoms with van der Waals surface area (Å²) in [6.07, 6.45) is 3.56. The Balaban J connectivity index is 1.57. The maximum Gasteiger partial charge on any atom is 0.206 e. The molecule has 0 aliphatic carbocycles. The minimum atomic E-state index is -0.0982. The van der Waals surface area contributed by atoms with Gasteiger partial charge in [0.2, 0.25) is 5.95 Å². The summed E-state index contributed by atoms with van der Waals surface area (Å²) in [5.41, 5.74) is 7.36. The number of hydrogen-bond acceptors (Lipinski definition) is 6. The molecule has 6 nitrogen and oxygen atoms in total. The molecule has 9 heteroatoms. The number of aromatic amines is 1. The largest absolute Gasteiger partial charge is 0.342 e. The Morgan fingerprint density at radius 3 is 2.77 bits per heavy atom. The first kappa shape index (κ1) is 17.9. The number of piperidine rings is 1. The van der Waals surface area contributed by atoms with Gasteiger partial charge < -0.3 is 15.6 Å². The summed E-state index contributed by atoms with van der Waals surface area (Å²) in [6, 6.07) is 5.52. The second-order valence-electron chi connectivity index (χ2n) is 6.74. The molecule has 0 bridgehead atoms. The molecular formula is C17H18Cl2N6S. The third-order valence-electron chi connectivity index (χ3n) is 4.51. The number of nitrogens with two attached hydrogens (primary N) is 1. The Hall–Kier alpha value is -1.54. The number of halogens is 2. The average molecular weight is 409 g/mol. The summed E-state index contributed by atoms with van der Waals surface area (Å²) >= 11 is 13.7. The zero-order valence-electron chi connectivity index (χ0n) is 14.2. The van der Waals surface area contributed by atoms with E-state index in [0.29, 0.717) is 21.3 Å². The maximum absolute atomic E-state index is 6.25. The van der Waals surface area contributed by atoms with Crippen molar-refractivity contribution in [3.8, 4) is 0 Å². The fraction of sp³-hybridized carbons (Fsp3) is 0.353. The van der Waals surface area contributed by atoms with Crippen molar-refractivity contribution >= 4 is 52.2 Å². The van der Waals surface area contributed by atoms with Gasteiger partial charge in [-0.1, -0.05) is 41.0 Å². The van der Waals surface area contributed by atoms with Crippen molar-refractivity contribution in [2.24, 2.45) is 5.73 Å². The molecule has 0 saturated carbocycles. The van der Waals surface area contributed by atoms with Crippen LogP contribution < -0.4 is 10.6 Å². The summed E-state index contributed by atoms with van der Waals surface area (Å²) in [4.78, 5) is 19.9. The molecule has 3 heterocycles. The number of rotatable bonds is 3. The fourth-order valence-electron chi connectivity index (χ4n) is 2.87. The van der Waals surface area contributed by atoms with Crippen LogP contribution >= 0.6 is 35.0 Å². The number of nitrogens with one attached hydrogen (secondary N) is 1. The summed E-state index contributed by atoms with van der Waals surface area (Å²) < 4.78 is 0. The Bertz CT molecular complexity index is 948. The number of nitrogens with zero attached hydrogens (tertiary/aromatic N) is 4. The van der Waals surface area contributed by atoms with Crippen molar-refractivity contribution < 1.29 is 0 Å². The number of benzene rings is 1. The minimum Gasteiger partial charge on any atom is -0.342 e. The molecule has 0 amide bonds. The van der Waals surface area contributed by atoms with Gasteiger partial charge in [-0.05, 0) is 31.9 Å². The van der Waals surface area contributed by atoms with Crippen molar-refractivity contribution in [3.05, 3.63) is 34.4 Å². The second kappa shape index (κ2) is 6.88. The summed E-state index contributed by atoms with van der Waals surface area (Å²) in [6.45, 7) is 3.83. The first-order chi connectivity index (χ1) is 12.4. The Kier molecular flexibility index (Phi) is 4.73. The molecule has 0 atom stereocenters. The molecule has 1 aromatic carbocycles. The molecular weight excluding hydrogens is 391 g/mol. The molecule has 1 aliphatic rings. The Labute approximate surface area is 165 Å². The van der Waals surface area contributed by atoms with Crippen LogP contribution in [0, 0.1) is 0 Å². The third-order valence-corrected chi connectivity index (χ3v) is 6.41. The predicted octanol–water partition coefficient (Wildman–Crippen LogP) is 4.13. The molecule has 4 rings (SSSR count).